The second-order valence-electron chi connectivity index (χ2n) is 4.66. The van der Waals surface area contributed by atoms with Crippen molar-refractivity contribution in [2.45, 2.75) is 38.7 Å². The normalized spacial score (nSPS) is 20.4. The molecule has 0 N–H and O–H groups in total. The molecule has 16 heavy (non-hydrogen) atoms. The second kappa shape index (κ2) is 4.88. The number of benzene rings is 1. The van der Waals surface area contributed by atoms with E-state index in [9.17, 15) is 0 Å². The first kappa shape index (κ1) is 11.5. The van der Waals surface area contributed by atoms with Crippen LogP contribution in [0.2, 0.25) is 0 Å². The van der Waals surface area contributed by atoms with Crippen LogP contribution in [0.25, 0.3) is 0 Å². The van der Waals surface area contributed by atoms with Crippen LogP contribution in [0.4, 0.5) is 0 Å². The molecule has 0 spiro atoms. The van der Waals surface area contributed by atoms with E-state index in [0.717, 1.165) is 25.2 Å². The van der Waals surface area contributed by atoms with Gasteiger partial charge in [-0.25, -0.2) is 0 Å². The maximum absolute atomic E-state index is 5.74. The predicted octanol–water partition coefficient (Wildman–Crippen LogP) is 3.67. The fraction of sp³-hybridized carbons (Fsp3) is 0.571. The highest BCUT2D eigenvalue weighted by Gasteiger charge is 2.21. The Morgan fingerprint density at radius 1 is 1.38 bits per heavy atom. The molecule has 2 rings (SSSR count). The van der Waals surface area contributed by atoms with Gasteiger partial charge in [-0.3, -0.25) is 0 Å². The summed E-state index contributed by atoms with van der Waals surface area (Å²) in [6.07, 6.45) is 2.49. The second-order valence-corrected chi connectivity index (χ2v) is 4.66. The summed E-state index contributed by atoms with van der Waals surface area (Å²) in [5.41, 5.74) is 2.57. The molecule has 2 nitrogen and oxygen atoms in total. The third-order valence-electron chi connectivity index (χ3n) is 3.20. The van der Waals surface area contributed by atoms with Gasteiger partial charge in [0.2, 0.25) is 0 Å². The summed E-state index contributed by atoms with van der Waals surface area (Å²) in [7, 11) is 1.73. The maximum atomic E-state index is 5.74. The van der Waals surface area contributed by atoms with Crippen molar-refractivity contribution in [3.63, 3.8) is 0 Å². The number of methoxy groups -OCH3 is 1. The number of rotatable bonds is 3. The molecule has 1 saturated heterocycles. The predicted molar refractivity (Wildman–Crippen MR) is 65.0 cm³/mol. The molecule has 0 aliphatic carbocycles. The van der Waals surface area contributed by atoms with Gasteiger partial charge in [-0.2, -0.15) is 0 Å². The van der Waals surface area contributed by atoms with E-state index in [0.29, 0.717) is 5.92 Å². The van der Waals surface area contributed by atoms with Crippen LogP contribution in [0.1, 0.15) is 49.8 Å². The van der Waals surface area contributed by atoms with Crippen molar-refractivity contribution in [2.75, 3.05) is 13.7 Å². The Labute approximate surface area is 97.6 Å². The van der Waals surface area contributed by atoms with Gasteiger partial charge in [0.25, 0.3) is 0 Å². The molecule has 1 atom stereocenters. The number of ether oxygens (including phenoxy) is 2. The van der Waals surface area contributed by atoms with Crippen LogP contribution in [0, 0.1) is 0 Å². The molecule has 0 radical (unpaired) electrons. The minimum Gasteiger partial charge on any atom is -0.496 e. The van der Waals surface area contributed by atoms with E-state index in [2.05, 4.69) is 32.0 Å². The smallest absolute Gasteiger partial charge is 0.124 e. The number of hydrogen-bond acceptors (Lipinski definition) is 2. The molecular formula is C14H20O2. The van der Waals surface area contributed by atoms with Crippen LogP contribution in [-0.4, -0.2) is 13.7 Å². The summed E-state index contributed by atoms with van der Waals surface area (Å²) >= 11 is 0. The lowest BCUT2D eigenvalue weighted by Crippen LogP contribution is -2.01. The minimum atomic E-state index is 0.230. The highest BCUT2D eigenvalue weighted by Crippen LogP contribution is 2.36. The first-order valence-corrected chi connectivity index (χ1v) is 6.02. The molecule has 1 aliphatic rings. The first-order valence-electron chi connectivity index (χ1n) is 6.02. The summed E-state index contributed by atoms with van der Waals surface area (Å²) in [4.78, 5) is 0. The molecule has 2 heteroatoms. The van der Waals surface area contributed by atoms with Gasteiger partial charge in [0.15, 0.2) is 0 Å². The van der Waals surface area contributed by atoms with Crippen LogP contribution >= 0.6 is 0 Å². The molecule has 1 aromatic carbocycles. The van der Waals surface area contributed by atoms with Gasteiger partial charge >= 0.3 is 0 Å². The SMILES string of the molecule is COc1ccc(C(C)C)cc1C1CCCO1. The van der Waals surface area contributed by atoms with Gasteiger partial charge in [-0.1, -0.05) is 19.9 Å². The van der Waals surface area contributed by atoms with E-state index in [4.69, 9.17) is 9.47 Å². The van der Waals surface area contributed by atoms with Gasteiger partial charge in [-0.15, -0.1) is 0 Å². The van der Waals surface area contributed by atoms with Crippen LogP contribution in [0.5, 0.6) is 5.75 Å². The van der Waals surface area contributed by atoms with E-state index < -0.39 is 0 Å². The largest absolute Gasteiger partial charge is 0.496 e. The Bertz CT molecular complexity index is 352. The van der Waals surface area contributed by atoms with E-state index in [1.165, 1.54) is 11.1 Å². The molecule has 0 aromatic heterocycles. The van der Waals surface area contributed by atoms with Gasteiger partial charge in [0, 0.05) is 12.2 Å². The Balaban J connectivity index is 2.34. The van der Waals surface area contributed by atoms with E-state index >= 15 is 0 Å². The summed E-state index contributed by atoms with van der Waals surface area (Å²) in [6, 6.07) is 6.44. The van der Waals surface area contributed by atoms with E-state index in [1.54, 1.807) is 7.11 Å². The topological polar surface area (TPSA) is 18.5 Å². The molecule has 1 aliphatic heterocycles. The highest BCUT2D eigenvalue weighted by molar-refractivity contribution is 5.40. The third kappa shape index (κ3) is 2.22. The zero-order chi connectivity index (χ0) is 11.5. The van der Waals surface area contributed by atoms with Crippen LogP contribution in [-0.2, 0) is 4.74 Å². The van der Waals surface area contributed by atoms with Crippen molar-refractivity contribution in [2.24, 2.45) is 0 Å². The Morgan fingerprint density at radius 2 is 2.19 bits per heavy atom. The Morgan fingerprint density at radius 3 is 2.75 bits per heavy atom. The summed E-state index contributed by atoms with van der Waals surface area (Å²) in [6.45, 7) is 5.29. The molecule has 88 valence electrons. The van der Waals surface area contributed by atoms with Crippen molar-refractivity contribution in [1.29, 1.82) is 0 Å². The van der Waals surface area contributed by atoms with Crippen LogP contribution in [0.15, 0.2) is 18.2 Å². The fourth-order valence-corrected chi connectivity index (χ4v) is 2.19. The third-order valence-corrected chi connectivity index (χ3v) is 3.20. The summed E-state index contributed by atoms with van der Waals surface area (Å²) in [5.74, 6) is 1.50. The van der Waals surface area contributed by atoms with Crippen LogP contribution < -0.4 is 4.74 Å². The van der Waals surface area contributed by atoms with Gasteiger partial charge < -0.3 is 9.47 Å². The molecule has 0 saturated carbocycles. The van der Waals surface area contributed by atoms with Crippen molar-refractivity contribution >= 4 is 0 Å². The van der Waals surface area contributed by atoms with Crippen LogP contribution in [0.3, 0.4) is 0 Å². The maximum Gasteiger partial charge on any atom is 0.124 e. The zero-order valence-electron chi connectivity index (χ0n) is 10.3. The van der Waals surface area contributed by atoms with Gasteiger partial charge in [-0.05, 0) is 36.5 Å². The minimum absolute atomic E-state index is 0.230. The average molecular weight is 220 g/mol. The molecular weight excluding hydrogens is 200 g/mol. The first-order chi connectivity index (χ1) is 7.72. The lowest BCUT2D eigenvalue weighted by atomic mass is 9.97. The summed E-state index contributed by atoms with van der Waals surface area (Å²) < 4.78 is 11.1. The molecule has 1 heterocycles. The lowest BCUT2D eigenvalue weighted by molar-refractivity contribution is 0.109. The monoisotopic (exact) mass is 220 g/mol. The zero-order valence-corrected chi connectivity index (χ0v) is 10.3. The standard InChI is InChI=1S/C14H20O2/c1-10(2)11-6-7-13(15-3)12(9-11)14-5-4-8-16-14/h6-7,9-10,14H,4-5,8H2,1-3H3. The Kier molecular flexibility index (Phi) is 3.49. The molecule has 1 aromatic rings. The Hall–Kier alpha value is -1.02. The lowest BCUT2D eigenvalue weighted by Gasteiger charge is -2.17. The molecule has 0 amide bonds. The summed E-state index contributed by atoms with van der Waals surface area (Å²) in [5, 5.41) is 0. The van der Waals surface area contributed by atoms with Crippen molar-refractivity contribution < 1.29 is 9.47 Å². The van der Waals surface area contributed by atoms with E-state index in [-0.39, 0.29) is 6.10 Å². The highest BCUT2D eigenvalue weighted by atomic mass is 16.5. The van der Waals surface area contributed by atoms with Gasteiger partial charge in [0.05, 0.1) is 13.2 Å². The van der Waals surface area contributed by atoms with Crippen molar-refractivity contribution in [1.82, 2.24) is 0 Å². The molecule has 1 unspecified atom stereocenters. The van der Waals surface area contributed by atoms with Gasteiger partial charge in [0.1, 0.15) is 5.75 Å². The van der Waals surface area contributed by atoms with Crippen molar-refractivity contribution in [3.05, 3.63) is 29.3 Å². The number of hydrogen-bond donors (Lipinski definition) is 0. The molecule has 0 bridgehead atoms. The molecule has 1 fully saturated rings. The van der Waals surface area contributed by atoms with E-state index in [1.807, 2.05) is 0 Å². The quantitative estimate of drug-likeness (QED) is 0.773. The average Bonchev–Trinajstić information content (AvgIpc) is 2.81. The fourth-order valence-electron chi connectivity index (χ4n) is 2.19. The van der Waals surface area contributed by atoms with Crippen molar-refractivity contribution in [3.8, 4) is 5.75 Å².